The Morgan fingerprint density at radius 2 is 1.85 bits per heavy atom. The van der Waals surface area contributed by atoms with Crippen molar-refractivity contribution in [2.75, 3.05) is 38.2 Å². The highest BCUT2D eigenvalue weighted by Gasteiger charge is 2.26. The molecule has 0 radical (unpaired) electrons. The topological polar surface area (TPSA) is 33.7 Å². The monoisotopic (exact) mass is 352 g/mol. The molecule has 0 aliphatic carbocycles. The largest absolute Gasteiger partial charge is 0.380 e. The van der Waals surface area contributed by atoms with Crippen molar-refractivity contribution in [2.45, 2.75) is 31.5 Å². The van der Waals surface area contributed by atoms with Gasteiger partial charge in [-0.2, -0.15) is 0 Å². The maximum absolute atomic E-state index is 6.07. The minimum atomic E-state index is 0.138. The van der Waals surface area contributed by atoms with E-state index in [1.165, 1.54) is 11.1 Å². The van der Waals surface area contributed by atoms with Gasteiger partial charge in [0.2, 0.25) is 0 Å². The molecule has 2 saturated heterocycles. The van der Waals surface area contributed by atoms with E-state index in [0.717, 1.165) is 45.0 Å². The summed E-state index contributed by atoms with van der Waals surface area (Å²) in [6.07, 6.45) is 1.22. The van der Waals surface area contributed by atoms with Gasteiger partial charge >= 0.3 is 0 Å². The molecule has 4 nitrogen and oxygen atoms in total. The Morgan fingerprint density at radius 1 is 1.04 bits per heavy atom. The number of anilines is 1. The van der Waals surface area contributed by atoms with Crippen LogP contribution in [0.15, 0.2) is 54.6 Å². The Kier molecular flexibility index (Phi) is 5.54. The van der Waals surface area contributed by atoms with Crippen LogP contribution in [0, 0.1) is 0 Å². The summed E-state index contributed by atoms with van der Waals surface area (Å²) in [5, 5.41) is 3.54. The van der Waals surface area contributed by atoms with Crippen molar-refractivity contribution in [1.29, 1.82) is 0 Å². The highest BCUT2D eigenvalue weighted by Crippen LogP contribution is 2.29. The van der Waals surface area contributed by atoms with Gasteiger partial charge in [0.25, 0.3) is 0 Å². The zero-order chi connectivity index (χ0) is 17.8. The molecule has 2 aliphatic heterocycles. The molecule has 0 spiro atoms. The van der Waals surface area contributed by atoms with Gasteiger partial charge in [-0.1, -0.05) is 42.5 Å². The van der Waals surface area contributed by atoms with Crippen LogP contribution in [0.4, 0.5) is 5.69 Å². The number of hydrogen-bond acceptors (Lipinski definition) is 4. The van der Waals surface area contributed by atoms with Crippen LogP contribution in [0.2, 0.25) is 0 Å². The third-order valence-corrected chi connectivity index (χ3v) is 5.51. The van der Waals surface area contributed by atoms with Crippen molar-refractivity contribution in [3.63, 3.8) is 0 Å². The number of benzene rings is 2. The summed E-state index contributed by atoms with van der Waals surface area (Å²) in [4.78, 5) is 2.52. The second-order valence-electron chi connectivity index (χ2n) is 7.27. The average Bonchev–Trinajstić information content (AvgIpc) is 3.22. The molecule has 2 aromatic rings. The van der Waals surface area contributed by atoms with Crippen LogP contribution in [0.3, 0.4) is 0 Å². The number of rotatable bonds is 5. The lowest BCUT2D eigenvalue weighted by atomic mass is 10.0. The van der Waals surface area contributed by atoms with Crippen LogP contribution in [-0.2, 0) is 9.47 Å². The van der Waals surface area contributed by atoms with Gasteiger partial charge in [0.1, 0.15) is 0 Å². The number of nitrogens with zero attached hydrogens (tertiary/aromatic N) is 1. The van der Waals surface area contributed by atoms with Gasteiger partial charge in [-0.3, -0.25) is 4.90 Å². The molecule has 138 valence electrons. The fourth-order valence-corrected chi connectivity index (χ4v) is 3.84. The van der Waals surface area contributed by atoms with Crippen LogP contribution in [-0.4, -0.2) is 43.9 Å². The highest BCUT2D eigenvalue weighted by atomic mass is 16.5. The molecule has 4 rings (SSSR count). The van der Waals surface area contributed by atoms with E-state index in [1.807, 2.05) is 0 Å². The molecule has 26 heavy (non-hydrogen) atoms. The van der Waals surface area contributed by atoms with E-state index in [0.29, 0.717) is 12.1 Å². The van der Waals surface area contributed by atoms with Crippen LogP contribution < -0.4 is 5.32 Å². The Bertz CT molecular complexity index is 683. The summed E-state index contributed by atoms with van der Waals surface area (Å²) in [6, 6.07) is 20.3. The van der Waals surface area contributed by atoms with Crippen LogP contribution in [0.5, 0.6) is 0 Å². The van der Waals surface area contributed by atoms with E-state index >= 15 is 0 Å². The summed E-state index contributed by atoms with van der Waals surface area (Å²) in [6.45, 7) is 6.64. The fourth-order valence-electron chi connectivity index (χ4n) is 3.84. The van der Waals surface area contributed by atoms with Crippen molar-refractivity contribution >= 4 is 5.69 Å². The summed E-state index contributed by atoms with van der Waals surface area (Å²) >= 11 is 0. The molecule has 0 bridgehead atoms. The smallest absolute Gasteiger partial charge is 0.0952 e. The van der Waals surface area contributed by atoms with E-state index < -0.39 is 0 Å². The van der Waals surface area contributed by atoms with E-state index in [1.54, 1.807) is 0 Å². The van der Waals surface area contributed by atoms with Gasteiger partial charge in [0.05, 0.1) is 25.4 Å². The molecule has 0 unspecified atom stereocenters. The maximum atomic E-state index is 6.07. The van der Waals surface area contributed by atoms with Crippen LogP contribution in [0.25, 0.3) is 0 Å². The van der Waals surface area contributed by atoms with Crippen LogP contribution in [0.1, 0.15) is 36.6 Å². The first kappa shape index (κ1) is 17.5. The van der Waals surface area contributed by atoms with E-state index in [2.05, 4.69) is 71.7 Å². The highest BCUT2D eigenvalue weighted by molar-refractivity contribution is 5.46. The maximum Gasteiger partial charge on any atom is 0.0952 e. The Labute approximate surface area is 156 Å². The summed E-state index contributed by atoms with van der Waals surface area (Å²) in [7, 11) is 0. The molecule has 2 aliphatic rings. The number of hydrogen-bond donors (Lipinski definition) is 1. The SMILES string of the molecule is C[C@H](c1ccccc1)N1CCO[C@@H](c2ccc(N[C@@H]3CCOC3)cc2)C1. The van der Waals surface area contributed by atoms with E-state index in [4.69, 9.17) is 9.47 Å². The quantitative estimate of drug-likeness (QED) is 0.881. The number of morpholine rings is 1. The van der Waals surface area contributed by atoms with Crippen molar-refractivity contribution < 1.29 is 9.47 Å². The van der Waals surface area contributed by atoms with Crippen molar-refractivity contribution in [3.05, 3.63) is 65.7 Å². The molecular weight excluding hydrogens is 324 g/mol. The number of nitrogens with one attached hydrogen (secondary N) is 1. The molecule has 2 fully saturated rings. The molecular formula is C22H28N2O2. The van der Waals surface area contributed by atoms with Gasteiger partial charge in [-0.15, -0.1) is 0 Å². The fraction of sp³-hybridized carbons (Fsp3) is 0.455. The van der Waals surface area contributed by atoms with Gasteiger partial charge in [-0.25, -0.2) is 0 Å². The lowest BCUT2D eigenvalue weighted by Gasteiger charge is -2.37. The average molecular weight is 352 g/mol. The zero-order valence-corrected chi connectivity index (χ0v) is 15.4. The normalized spacial score (nSPS) is 25.1. The van der Waals surface area contributed by atoms with Gasteiger partial charge in [0, 0.05) is 31.4 Å². The summed E-state index contributed by atoms with van der Waals surface area (Å²) < 4.78 is 11.5. The van der Waals surface area contributed by atoms with Crippen molar-refractivity contribution in [1.82, 2.24) is 4.90 Å². The minimum absolute atomic E-state index is 0.138. The summed E-state index contributed by atoms with van der Waals surface area (Å²) in [5.41, 5.74) is 3.78. The van der Waals surface area contributed by atoms with Crippen LogP contribution >= 0.6 is 0 Å². The lowest BCUT2D eigenvalue weighted by Crippen LogP contribution is -2.39. The Balaban J connectivity index is 1.39. The first-order valence-electron chi connectivity index (χ1n) is 9.64. The van der Waals surface area contributed by atoms with Crippen molar-refractivity contribution in [2.24, 2.45) is 0 Å². The van der Waals surface area contributed by atoms with E-state index in [-0.39, 0.29) is 6.10 Å². The second-order valence-corrected chi connectivity index (χ2v) is 7.27. The lowest BCUT2D eigenvalue weighted by molar-refractivity contribution is -0.0431. The molecule has 2 aromatic carbocycles. The first-order valence-corrected chi connectivity index (χ1v) is 9.64. The molecule has 0 amide bonds. The zero-order valence-electron chi connectivity index (χ0n) is 15.4. The number of ether oxygens (including phenoxy) is 2. The third kappa shape index (κ3) is 4.09. The minimum Gasteiger partial charge on any atom is -0.380 e. The Hall–Kier alpha value is -1.88. The standard InChI is InChI=1S/C22H28N2O2/c1-17(18-5-3-2-4-6-18)24-12-14-26-22(15-24)19-7-9-20(10-8-19)23-21-11-13-25-16-21/h2-10,17,21-23H,11-16H2,1H3/t17-,21-,22-/m1/s1. The van der Waals surface area contributed by atoms with E-state index in [9.17, 15) is 0 Å². The molecule has 1 N–H and O–H groups in total. The third-order valence-electron chi connectivity index (χ3n) is 5.51. The molecule has 4 heteroatoms. The van der Waals surface area contributed by atoms with Gasteiger partial charge < -0.3 is 14.8 Å². The molecule has 3 atom stereocenters. The summed E-state index contributed by atoms with van der Waals surface area (Å²) in [5.74, 6) is 0. The van der Waals surface area contributed by atoms with Gasteiger partial charge in [-0.05, 0) is 36.6 Å². The molecule has 0 aromatic heterocycles. The molecule has 0 saturated carbocycles. The van der Waals surface area contributed by atoms with Crippen molar-refractivity contribution in [3.8, 4) is 0 Å². The molecule has 2 heterocycles. The predicted octanol–water partition coefficient (Wildman–Crippen LogP) is 4.02. The first-order chi connectivity index (χ1) is 12.8. The van der Waals surface area contributed by atoms with Gasteiger partial charge in [0.15, 0.2) is 0 Å². The Morgan fingerprint density at radius 3 is 2.58 bits per heavy atom. The second kappa shape index (κ2) is 8.21. The predicted molar refractivity (Wildman–Crippen MR) is 104 cm³/mol.